The van der Waals surface area contributed by atoms with Crippen LogP contribution in [0, 0.1) is 0 Å². The van der Waals surface area contributed by atoms with Crippen LogP contribution in [0.5, 0.6) is 0 Å². The van der Waals surface area contributed by atoms with Gasteiger partial charge in [-0.25, -0.2) is 0 Å². The number of hydrogen-bond donors (Lipinski definition) is 2. The summed E-state index contributed by atoms with van der Waals surface area (Å²) in [7, 11) is -4.08. The molecular weight excluding hydrogens is 230 g/mol. The summed E-state index contributed by atoms with van der Waals surface area (Å²) >= 11 is 0. The quantitative estimate of drug-likeness (QED) is 0.600. The molecule has 0 radical (unpaired) electrons. The third-order valence-electron chi connectivity index (χ3n) is 1.77. The molecule has 2 N–H and O–H groups in total. The van der Waals surface area contributed by atoms with Crippen LogP contribution in [0.25, 0.3) is 0 Å². The average molecular weight is 241 g/mol. The highest BCUT2D eigenvalue weighted by Gasteiger charge is 1.98. The number of nitrogens with one attached hydrogen (secondary N) is 1. The third kappa shape index (κ3) is 4.24. The van der Waals surface area contributed by atoms with Crippen molar-refractivity contribution < 1.29 is 17.8 Å². The zero-order valence-corrected chi connectivity index (χ0v) is 9.15. The van der Waals surface area contributed by atoms with Crippen LogP contribution in [0.4, 0.5) is 5.69 Å². The minimum atomic E-state index is -4.08. The molecule has 0 unspecified atom stereocenters. The highest BCUT2D eigenvalue weighted by atomic mass is 32.2. The molecule has 0 aliphatic heterocycles. The summed E-state index contributed by atoms with van der Waals surface area (Å²) in [6, 6.07) is 6.82. The Morgan fingerprint density at radius 3 is 2.62 bits per heavy atom. The molecular formula is C10H11NO4S. The van der Waals surface area contributed by atoms with Crippen LogP contribution in [0.1, 0.15) is 10.4 Å². The van der Waals surface area contributed by atoms with Crippen LogP contribution in [-0.2, 0) is 10.1 Å². The SMILES string of the molecule is O=Cc1ccccc1NCC=CS(=O)(=O)O. The van der Waals surface area contributed by atoms with Crippen molar-refractivity contribution in [2.24, 2.45) is 0 Å². The van der Waals surface area contributed by atoms with Crippen molar-refractivity contribution in [3.8, 4) is 0 Å². The van der Waals surface area contributed by atoms with Gasteiger partial charge in [0.2, 0.25) is 0 Å². The van der Waals surface area contributed by atoms with E-state index in [4.69, 9.17) is 4.55 Å². The molecule has 86 valence electrons. The molecule has 5 nitrogen and oxygen atoms in total. The summed E-state index contributed by atoms with van der Waals surface area (Å²) in [5, 5.41) is 3.53. The molecule has 0 saturated heterocycles. The Morgan fingerprint density at radius 2 is 2.00 bits per heavy atom. The lowest BCUT2D eigenvalue weighted by Crippen LogP contribution is -2.02. The standard InChI is InChI=1S/C10H11NO4S/c12-8-9-4-1-2-5-10(9)11-6-3-7-16(13,14)15/h1-5,7-8,11H,6H2,(H,13,14,15). The van der Waals surface area contributed by atoms with Crippen LogP contribution >= 0.6 is 0 Å². The van der Waals surface area contributed by atoms with Crippen molar-refractivity contribution >= 4 is 22.1 Å². The summed E-state index contributed by atoms with van der Waals surface area (Å²) < 4.78 is 29.1. The number of anilines is 1. The maximum absolute atomic E-state index is 10.6. The first kappa shape index (κ1) is 12.4. The van der Waals surface area contributed by atoms with Gasteiger partial charge in [-0.3, -0.25) is 9.35 Å². The van der Waals surface area contributed by atoms with E-state index >= 15 is 0 Å². The summed E-state index contributed by atoms with van der Waals surface area (Å²) in [5.74, 6) is 0. The minimum Gasteiger partial charge on any atom is -0.381 e. The van der Waals surface area contributed by atoms with Gasteiger partial charge in [0.25, 0.3) is 10.1 Å². The van der Waals surface area contributed by atoms with Crippen molar-refractivity contribution in [2.75, 3.05) is 11.9 Å². The second-order valence-corrected chi connectivity index (χ2v) is 4.27. The molecule has 1 rings (SSSR count). The summed E-state index contributed by atoms with van der Waals surface area (Å²) in [6.45, 7) is 0.199. The smallest absolute Gasteiger partial charge is 0.287 e. The maximum Gasteiger partial charge on any atom is 0.287 e. The van der Waals surface area contributed by atoms with Gasteiger partial charge in [0.15, 0.2) is 6.29 Å². The van der Waals surface area contributed by atoms with Gasteiger partial charge in [-0.2, -0.15) is 8.42 Å². The van der Waals surface area contributed by atoms with E-state index in [1.807, 2.05) is 0 Å². The average Bonchev–Trinajstić information content (AvgIpc) is 2.23. The monoisotopic (exact) mass is 241 g/mol. The third-order valence-corrected chi connectivity index (χ3v) is 2.30. The van der Waals surface area contributed by atoms with Gasteiger partial charge < -0.3 is 5.32 Å². The van der Waals surface area contributed by atoms with E-state index in [1.165, 1.54) is 6.08 Å². The van der Waals surface area contributed by atoms with Gasteiger partial charge in [-0.1, -0.05) is 18.2 Å². The summed E-state index contributed by atoms with van der Waals surface area (Å²) in [5.41, 5.74) is 1.10. The molecule has 0 spiro atoms. The van der Waals surface area contributed by atoms with Crippen LogP contribution in [0.2, 0.25) is 0 Å². The molecule has 1 aromatic carbocycles. The zero-order valence-electron chi connectivity index (χ0n) is 8.33. The highest BCUT2D eigenvalue weighted by molar-refractivity contribution is 7.88. The fraction of sp³-hybridized carbons (Fsp3) is 0.100. The van der Waals surface area contributed by atoms with Gasteiger partial charge in [-0.15, -0.1) is 0 Å². The molecule has 6 heteroatoms. The highest BCUT2D eigenvalue weighted by Crippen LogP contribution is 2.11. The van der Waals surface area contributed by atoms with E-state index in [9.17, 15) is 13.2 Å². The van der Waals surface area contributed by atoms with Crippen LogP contribution in [0.15, 0.2) is 35.7 Å². The van der Waals surface area contributed by atoms with E-state index in [0.717, 1.165) is 0 Å². The van der Waals surface area contributed by atoms with Gasteiger partial charge in [0.1, 0.15) is 0 Å². The second kappa shape index (κ2) is 5.43. The first-order chi connectivity index (χ1) is 7.53. The van der Waals surface area contributed by atoms with Crippen molar-refractivity contribution in [3.63, 3.8) is 0 Å². The Labute approximate surface area is 93.5 Å². The van der Waals surface area contributed by atoms with E-state index in [0.29, 0.717) is 22.9 Å². The van der Waals surface area contributed by atoms with Crippen LogP contribution in [-0.4, -0.2) is 25.8 Å². The second-order valence-electron chi connectivity index (χ2n) is 2.97. The molecule has 0 aliphatic rings. The van der Waals surface area contributed by atoms with Gasteiger partial charge >= 0.3 is 0 Å². The number of carbonyl (C=O) groups excluding carboxylic acids is 1. The van der Waals surface area contributed by atoms with Crippen molar-refractivity contribution in [3.05, 3.63) is 41.3 Å². The molecule has 0 aromatic heterocycles. The lowest BCUT2D eigenvalue weighted by Gasteiger charge is -2.05. The predicted molar refractivity (Wildman–Crippen MR) is 61.0 cm³/mol. The molecule has 16 heavy (non-hydrogen) atoms. The summed E-state index contributed by atoms with van der Waals surface area (Å²) in [4.78, 5) is 10.6. The largest absolute Gasteiger partial charge is 0.381 e. The topological polar surface area (TPSA) is 83.5 Å². The van der Waals surface area contributed by atoms with Crippen molar-refractivity contribution in [2.45, 2.75) is 0 Å². The van der Waals surface area contributed by atoms with E-state index in [-0.39, 0.29) is 6.54 Å². The van der Waals surface area contributed by atoms with E-state index < -0.39 is 10.1 Å². The first-order valence-electron chi connectivity index (χ1n) is 4.45. The van der Waals surface area contributed by atoms with Crippen LogP contribution < -0.4 is 5.32 Å². The fourth-order valence-electron chi connectivity index (χ4n) is 1.10. The normalized spacial score (nSPS) is 11.6. The zero-order chi connectivity index (χ0) is 12.0. The molecule has 0 heterocycles. The van der Waals surface area contributed by atoms with Crippen molar-refractivity contribution in [1.82, 2.24) is 0 Å². The number of aldehydes is 1. The Kier molecular flexibility index (Phi) is 4.21. The summed E-state index contributed by atoms with van der Waals surface area (Å²) in [6.07, 6.45) is 1.95. The first-order valence-corrected chi connectivity index (χ1v) is 5.95. The lowest BCUT2D eigenvalue weighted by molar-refractivity contribution is 0.112. The Balaban J connectivity index is 2.62. The minimum absolute atomic E-state index is 0.199. The lowest BCUT2D eigenvalue weighted by atomic mass is 10.2. The predicted octanol–water partition coefficient (Wildman–Crippen LogP) is 1.31. The molecule has 0 saturated carbocycles. The molecule has 0 fully saturated rings. The van der Waals surface area contributed by atoms with Crippen LogP contribution in [0.3, 0.4) is 0 Å². The Bertz CT molecular complexity index is 493. The molecule has 0 amide bonds. The Hall–Kier alpha value is -1.66. The fourth-order valence-corrected chi connectivity index (χ4v) is 1.44. The number of carbonyl (C=O) groups is 1. The molecule has 0 atom stereocenters. The molecule has 0 aliphatic carbocycles. The molecule has 1 aromatic rings. The van der Waals surface area contributed by atoms with Gasteiger partial charge in [0.05, 0.1) is 5.41 Å². The molecule has 0 bridgehead atoms. The number of hydrogen-bond acceptors (Lipinski definition) is 4. The van der Waals surface area contributed by atoms with E-state index in [2.05, 4.69) is 5.32 Å². The number of para-hydroxylation sites is 1. The van der Waals surface area contributed by atoms with E-state index in [1.54, 1.807) is 24.3 Å². The Morgan fingerprint density at radius 1 is 1.31 bits per heavy atom. The maximum atomic E-state index is 10.6. The van der Waals surface area contributed by atoms with Gasteiger partial charge in [0, 0.05) is 17.8 Å². The van der Waals surface area contributed by atoms with Crippen molar-refractivity contribution in [1.29, 1.82) is 0 Å². The van der Waals surface area contributed by atoms with Gasteiger partial charge in [-0.05, 0) is 12.1 Å². The number of rotatable bonds is 5. The number of benzene rings is 1.